The molecule has 1 aliphatic heterocycles. The molecule has 0 amide bonds. The lowest BCUT2D eigenvalue weighted by atomic mass is 9.93. The predicted molar refractivity (Wildman–Crippen MR) is 72.9 cm³/mol. The van der Waals surface area contributed by atoms with Gasteiger partial charge >= 0.3 is 5.69 Å². The number of nitrogens with zero attached hydrogens (tertiary/aromatic N) is 2. The zero-order valence-electron chi connectivity index (χ0n) is 11.9. The van der Waals surface area contributed by atoms with Crippen LogP contribution in [0.4, 0.5) is 10.2 Å². The topological polar surface area (TPSA) is 131 Å². The summed E-state index contributed by atoms with van der Waals surface area (Å²) in [5.74, 6) is 3.16. The third kappa shape index (κ3) is 2.46. The molecule has 0 aliphatic carbocycles. The molecule has 120 valence electrons. The summed E-state index contributed by atoms with van der Waals surface area (Å²) in [7, 11) is 0. The van der Waals surface area contributed by atoms with Crippen LogP contribution in [0, 0.1) is 17.7 Å². The molecule has 2 heterocycles. The number of nitrogens with two attached hydrogens (primary N) is 1. The highest BCUT2D eigenvalue weighted by Crippen LogP contribution is 2.38. The molecule has 1 fully saturated rings. The van der Waals surface area contributed by atoms with Crippen LogP contribution in [0.2, 0.25) is 0 Å². The summed E-state index contributed by atoms with van der Waals surface area (Å²) < 4.78 is 19.5. The fraction of sp³-hybridized carbons (Fsp3) is 0.538. The van der Waals surface area contributed by atoms with Crippen LogP contribution in [-0.2, 0) is 4.74 Å². The number of aliphatic hydroxyl groups is 3. The number of ether oxygens (including phenoxy) is 1. The van der Waals surface area contributed by atoms with Gasteiger partial charge in [-0.2, -0.15) is 4.98 Å². The van der Waals surface area contributed by atoms with E-state index in [2.05, 4.69) is 16.8 Å². The summed E-state index contributed by atoms with van der Waals surface area (Å²) in [6.07, 6.45) is -4.84. The Hall–Kier alpha value is -1.99. The van der Waals surface area contributed by atoms with Crippen LogP contribution in [0.5, 0.6) is 0 Å². The number of aliphatic hydroxyl groups excluding tert-OH is 2. The standard InChI is InChI=1S/C13H16FN3O5/c1-3-4-13(21)9(19)8(6(2)18)22-11(13)17-5-7(14)10(15)16-12(17)20/h5-6,8-9,11,18-19,21H,1-2H3,(H2,15,16,20)/t6-,8+,9-,11+,13?/m0/s1. The molecular formula is C13H16FN3O5. The number of rotatable bonds is 2. The summed E-state index contributed by atoms with van der Waals surface area (Å²) in [4.78, 5) is 15.1. The smallest absolute Gasteiger partial charge is 0.351 e. The molecule has 22 heavy (non-hydrogen) atoms. The highest BCUT2D eigenvalue weighted by atomic mass is 19.1. The molecule has 5 atom stereocenters. The molecule has 5 N–H and O–H groups in total. The van der Waals surface area contributed by atoms with Gasteiger partial charge in [-0.25, -0.2) is 9.18 Å². The van der Waals surface area contributed by atoms with E-state index in [0.717, 1.165) is 0 Å². The first-order valence-corrected chi connectivity index (χ1v) is 6.44. The Morgan fingerprint density at radius 2 is 2.27 bits per heavy atom. The minimum Gasteiger partial charge on any atom is -0.391 e. The highest BCUT2D eigenvalue weighted by Gasteiger charge is 2.57. The molecule has 0 radical (unpaired) electrons. The Kier molecular flexibility index (Phi) is 4.21. The summed E-state index contributed by atoms with van der Waals surface area (Å²) in [6, 6.07) is 0. The van der Waals surface area contributed by atoms with Crippen molar-refractivity contribution in [3.05, 3.63) is 22.5 Å². The van der Waals surface area contributed by atoms with Crippen LogP contribution in [0.3, 0.4) is 0 Å². The fourth-order valence-electron chi connectivity index (χ4n) is 2.34. The van der Waals surface area contributed by atoms with E-state index < -0.39 is 47.5 Å². The van der Waals surface area contributed by atoms with E-state index in [-0.39, 0.29) is 0 Å². The zero-order valence-corrected chi connectivity index (χ0v) is 11.9. The SMILES string of the molecule is CC#CC1(O)[C@@H](O)[C@@H]([C@H](C)O)O[C@H]1n1cc(F)c(N)nc1=O. The number of nitrogen functional groups attached to an aromatic ring is 1. The van der Waals surface area contributed by atoms with E-state index in [0.29, 0.717) is 10.8 Å². The van der Waals surface area contributed by atoms with Crippen molar-refractivity contribution < 1.29 is 24.4 Å². The summed E-state index contributed by atoms with van der Waals surface area (Å²) >= 11 is 0. The molecule has 8 nitrogen and oxygen atoms in total. The van der Waals surface area contributed by atoms with Gasteiger partial charge in [-0.3, -0.25) is 4.57 Å². The largest absolute Gasteiger partial charge is 0.391 e. The number of anilines is 1. The van der Waals surface area contributed by atoms with Gasteiger partial charge in [-0.1, -0.05) is 5.92 Å². The van der Waals surface area contributed by atoms with Crippen molar-refractivity contribution in [2.24, 2.45) is 0 Å². The second-order valence-corrected chi connectivity index (χ2v) is 5.00. The second-order valence-electron chi connectivity index (χ2n) is 5.00. The molecule has 1 aliphatic rings. The van der Waals surface area contributed by atoms with E-state index >= 15 is 0 Å². The van der Waals surface area contributed by atoms with Gasteiger partial charge in [0.15, 0.2) is 23.5 Å². The molecule has 2 rings (SSSR count). The van der Waals surface area contributed by atoms with Crippen molar-refractivity contribution in [2.45, 2.75) is 44.0 Å². The van der Waals surface area contributed by atoms with E-state index in [1.807, 2.05) is 0 Å². The van der Waals surface area contributed by atoms with Gasteiger partial charge < -0.3 is 25.8 Å². The Morgan fingerprint density at radius 3 is 2.82 bits per heavy atom. The lowest BCUT2D eigenvalue weighted by Crippen LogP contribution is -2.48. The molecule has 1 aromatic rings. The van der Waals surface area contributed by atoms with Crippen LogP contribution in [0.15, 0.2) is 11.0 Å². The number of hydrogen-bond acceptors (Lipinski definition) is 7. The van der Waals surface area contributed by atoms with E-state index in [4.69, 9.17) is 10.5 Å². The fourth-order valence-corrected chi connectivity index (χ4v) is 2.34. The van der Waals surface area contributed by atoms with Crippen molar-refractivity contribution in [3.8, 4) is 11.8 Å². The Morgan fingerprint density at radius 1 is 1.64 bits per heavy atom. The van der Waals surface area contributed by atoms with E-state index in [9.17, 15) is 24.5 Å². The van der Waals surface area contributed by atoms with Crippen LogP contribution in [0.25, 0.3) is 0 Å². The first kappa shape index (κ1) is 16.4. The number of halogens is 1. The average molecular weight is 313 g/mol. The summed E-state index contributed by atoms with van der Waals surface area (Å²) in [6.45, 7) is 2.74. The van der Waals surface area contributed by atoms with Gasteiger partial charge in [0.25, 0.3) is 0 Å². The third-order valence-corrected chi connectivity index (χ3v) is 3.41. The molecule has 9 heteroatoms. The van der Waals surface area contributed by atoms with Crippen molar-refractivity contribution in [2.75, 3.05) is 5.73 Å². The molecule has 0 saturated carbocycles. The van der Waals surface area contributed by atoms with Gasteiger partial charge in [0.1, 0.15) is 12.2 Å². The minimum absolute atomic E-state index is 0.600. The first-order chi connectivity index (χ1) is 10.2. The minimum atomic E-state index is -2.22. The van der Waals surface area contributed by atoms with Crippen LogP contribution in [-0.4, -0.2) is 48.8 Å². The summed E-state index contributed by atoms with van der Waals surface area (Å²) in [5.41, 5.74) is 1.99. The zero-order chi connectivity index (χ0) is 16.7. The van der Waals surface area contributed by atoms with Crippen LogP contribution >= 0.6 is 0 Å². The lowest BCUT2D eigenvalue weighted by Gasteiger charge is -2.26. The van der Waals surface area contributed by atoms with E-state index in [1.165, 1.54) is 13.8 Å². The van der Waals surface area contributed by atoms with Crippen molar-refractivity contribution in [1.82, 2.24) is 9.55 Å². The van der Waals surface area contributed by atoms with Crippen molar-refractivity contribution >= 4 is 5.82 Å². The molecule has 0 bridgehead atoms. The molecule has 1 unspecified atom stereocenters. The maximum Gasteiger partial charge on any atom is 0.351 e. The Bertz CT molecular complexity index is 695. The van der Waals surface area contributed by atoms with Gasteiger partial charge in [0.2, 0.25) is 0 Å². The van der Waals surface area contributed by atoms with Gasteiger partial charge in [0, 0.05) is 0 Å². The Labute approximate surface area is 125 Å². The maximum atomic E-state index is 13.6. The quantitative estimate of drug-likeness (QED) is 0.482. The molecule has 0 aromatic carbocycles. The van der Waals surface area contributed by atoms with Crippen molar-refractivity contribution in [1.29, 1.82) is 0 Å². The lowest BCUT2D eigenvalue weighted by molar-refractivity contribution is -0.0886. The van der Waals surface area contributed by atoms with Gasteiger partial charge in [0.05, 0.1) is 12.3 Å². The monoisotopic (exact) mass is 313 g/mol. The molecule has 0 spiro atoms. The van der Waals surface area contributed by atoms with Gasteiger partial charge in [-0.05, 0) is 13.8 Å². The molecule has 1 saturated heterocycles. The van der Waals surface area contributed by atoms with Crippen LogP contribution in [0.1, 0.15) is 20.1 Å². The van der Waals surface area contributed by atoms with Crippen LogP contribution < -0.4 is 11.4 Å². The first-order valence-electron chi connectivity index (χ1n) is 6.44. The average Bonchev–Trinajstić information content (AvgIpc) is 2.68. The number of aromatic nitrogens is 2. The molecule has 1 aromatic heterocycles. The van der Waals surface area contributed by atoms with E-state index in [1.54, 1.807) is 0 Å². The molecular weight excluding hydrogens is 297 g/mol. The second kappa shape index (κ2) is 5.66. The third-order valence-electron chi connectivity index (χ3n) is 3.41. The highest BCUT2D eigenvalue weighted by molar-refractivity contribution is 5.28. The maximum absolute atomic E-state index is 13.6. The summed E-state index contributed by atoms with van der Waals surface area (Å²) in [5, 5.41) is 30.4. The number of hydrogen-bond donors (Lipinski definition) is 4. The predicted octanol–water partition coefficient (Wildman–Crippen LogP) is -1.64. The normalized spacial score (nSPS) is 32.4. The van der Waals surface area contributed by atoms with Crippen molar-refractivity contribution in [3.63, 3.8) is 0 Å². The Balaban J connectivity index is 2.59. The van der Waals surface area contributed by atoms with Gasteiger partial charge in [-0.15, -0.1) is 5.92 Å².